The van der Waals surface area contributed by atoms with E-state index >= 15 is 0 Å². The van der Waals surface area contributed by atoms with Gasteiger partial charge in [-0.2, -0.15) is 5.26 Å². The summed E-state index contributed by atoms with van der Waals surface area (Å²) in [6.07, 6.45) is 6.14. The number of carbonyl (C=O) groups is 1. The van der Waals surface area contributed by atoms with Gasteiger partial charge in [-0.1, -0.05) is 31.0 Å². The lowest BCUT2D eigenvalue weighted by atomic mass is 9.83. The van der Waals surface area contributed by atoms with Gasteiger partial charge < -0.3 is 14.3 Å². The van der Waals surface area contributed by atoms with E-state index in [9.17, 15) is 10.1 Å². The van der Waals surface area contributed by atoms with Crippen molar-refractivity contribution in [3.63, 3.8) is 0 Å². The lowest BCUT2D eigenvalue weighted by Crippen LogP contribution is -2.50. The third-order valence-electron chi connectivity index (χ3n) is 4.87. The molecule has 2 aromatic rings. The molecular weight excluding hydrogens is 350 g/mol. The molecule has 1 fully saturated rings. The van der Waals surface area contributed by atoms with Crippen LogP contribution in [0.15, 0.2) is 21.9 Å². The molecule has 0 spiro atoms. The summed E-state index contributed by atoms with van der Waals surface area (Å²) >= 11 is 1.34. The highest BCUT2D eigenvalue weighted by Gasteiger charge is 2.35. The summed E-state index contributed by atoms with van der Waals surface area (Å²) < 4.78 is 7.18. The highest BCUT2D eigenvalue weighted by atomic mass is 32.2. The summed E-state index contributed by atoms with van der Waals surface area (Å²) in [4.78, 5) is 12.6. The number of aryl methyl sites for hydroxylation is 1. The predicted octanol–water partition coefficient (Wildman–Crippen LogP) is 3.21. The third-order valence-corrected chi connectivity index (χ3v) is 6.00. The Morgan fingerprint density at radius 1 is 1.42 bits per heavy atom. The summed E-state index contributed by atoms with van der Waals surface area (Å²) in [6.45, 7) is 3.70. The van der Waals surface area contributed by atoms with Crippen LogP contribution >= 0.6 is 11.8 Å². The van der Waals surface area contributed by atoms with Crippen molar-refractivity contribution in [2.75, 3.05) is 0 Å². The van der Waals surface area contributed by atoms with Crippen molar-refractivity contribution in [3.8, 4) is 17.5 Å². The Bertz CT molecular complexity index is 829. The molecule has 1 aliphatic rings. The van der Waals surface area contributed by atoms with Gasteiger partial charge in [0.25, 0.3) is 0 Å². The van der Waals surface area contributed by atoms with E-state index in [1.165, 1.54) is 11.8 Å². The quantitative estimate of drug-likeness (QED) is 0.808. The van der Waals surface area contributed by atoms with Crippen LogP contribution in [0, 0.1) is 18.3 Å². The van der Waals surface area contributed by atoms with Crippen LogP contribution in [0.25, 0.3) is 11.4 Å². The first-order valence-corrected chi connectivity index (χ1v) is 9.67. The van der Waals surface area contributed by atoms with E-state index in [-0.39, 0.29) is 11.2 Å². The Labute approximate surface area is 157 Å². The van der Waals surface area contributed by atoms with Crippen LogP contribution in [0.2, 0.25) is 0 Å². The van der Waals surface area contributed by atoms with Gasteiger partial charge in [-0.25, -0.2) is 0 Å². The number of rotatable bonds is 5. The highest BCUT2D eigenvalue weighted by molar-refractivity contribution is 8.00. The van der Waals surface area contributed by atoms with Crippen LogP contribution in [0.5, 0.6) is 0 Å². The minimum Gasteiger partial charge on any atom is -0.469 e. The van der Waals surface area contributed by atoms with Crippen LogP contribution in [-0.2, 0) is 11.8 Å². The van der Waals surface area contributed by atoms with Crippen molar-refractivity contribution < 1.29 is 9.21 Å². The van der Waals surface area contributed by atoms with Crippen molar-refractivity contribution in [1.82, 2.24) is 20.1 Å². The number of amides is 1. The van der Waals surface area contributed by atoms with E-state index in [0.29, 0.717) is 11.0 Å². The number of carbonyl (C=O) groups excluding carboxylic acids is 1. The predicted molar refractivity (Wildman–Crippen MR) is 98.3 cm³/mol. The average Bonchev–Trinajstić information content (AvgIpc) is 3.21. The Morgan fingerprint density at radius 2 is 2.15 bits per heavy atom. The second-order valence-corrected chi connectivity index (χ2v) is 8.07. The van der Waals surface area contributed by atoms with Crippen LogP contribution < -0.4 is 5.32 Å². The smallest absolute Gasteiger partial charge is 0.234 e. The monoisotopic (exact) mass is 373 g/mol. The molecule has 0 saturated heterocycles. The van der Waals surface area contributed by atoms with Gasteiger partial charge in [0.2, 0.25) is 5.91 Å². The Balaban J connectivity index is 1.69. The fourth-order valence-corrected chi connectivity index (χ4v) is 4.05. The van der Waals surface area contributed by atoms with Gasteiger partial charge in [0.1, 0.15) is 11.3 Å². The highest BCUT2D eigenvalue weighted by Crippen LogP contribution is 2.30. The minimum atomic E-state index is -0.719. The van der Waals surface area contributed by atoms with Gasteiger partial charge in [-0.15, -0.1) is 10.2 Å². The standard InChI is InChI=1S/C18H23N5O2S/c1-12-14(7-10-25-12)15-21-22-17(23(15)3)26-13(2)16(24)20-18(11-19)8-5-4-6-9-18/h7,10,13H,4-6,8-9H2,1-3H3,(H,20,24). The van der Waals surface area contributed by atoms with Gasteiger partial charge in [0.15, 0.2) is 11.0 Å². The normalized spacial score (nSPS) is 17.5. The maximum Gasteiger partial charge on any atom is 0.234 e. The molecule has 1 saturated carbocycles. The van der Waals surface area contributed by atoms with E-state index in [1.54, 1.807) is 6.26 Å². The van der Waals surface area contributed by atoms with Gasteiger partial charge in [0.05, 0.1) is 23.1 Å². The number of hydrogen-bond donors (Lipinski definition) is 1. The van der Waals surface area contributed by atoms with Crippen molar-refractivity contribution in [2.45, 2.75) is 61.9 Å². The van der Waals surface area contributed by atoms with Crippen molar-refractivity contribution >= 4 is 17.7 Å². The first kappa shape index (κ1) is 18.5. The summed E-state index contributed by atoms with van der Waals surface area (Å²) in [5, 5.41) is 21.2. The number of furan rings is 1. The van der Waals surface area contributed by atoms with Crippen LogP contribution in [0.3, 0.4) is 0 Å². The first-order chi connectivity index (χ1) is 12.5. The molecule has 0 radical (unpaired) electrons. The summed E-state index contributed by atoms with van der Waals surface area (Å²) in [7, 11) is 1.87. The molecule has 1 unspecified atom stereocenters. The summed E-state index contributed by atoms with van der Waals surface area (Å²) in [5.74, 6) is 1.34. The maximum absolute atomic E-state index is 12.6. The molecule has 0 aliphatic heterocycles. The second kappa shape index (κ2) is 7.54. The van der Waals surface area contributed by atoms with E-state index in [0.717, 1.165) is 43.4 Å². The Morgan fingerprint density at radius 3 is 2.77 bits per heavy atom. The number of nitrogens with one attached hydrogen (secondary N) is 1. The van der Waals surface area contributed by atoms with Crippen LogP contribution in [0.4, 0.5) is 0 Å². The van der Waals surface area contributed by atoms with Crippen LogP contribution in [-0.4, -0.2) is 31.5 Å². The molecule has 8 heteroatoms. The zero-order chi connectivity index (χ0) is 18.7. The Kier molecular flexibility index (Phi) is 5.37. The van der Waals surface area contributed by atoms with Crippen molar-refractivity contribution in [1.29, 1.82) is 5.26 Å². The van der Waals surface area contributed by atoms with Gasteiger partial charge in [-0.05, 0) is 32.8 Å². The third kappa shape index (κ3) is 3.63. The molecule has 26 heavy (non-hydrogen) atoms. The van der Waals surface area contributed by atoms with Gasteiger partial charge in [-0.3, -0.25) is 4.79 Å². The van der Waals surface area contributed by atoms with E-state index in [1.807, 2.05) is 31.5 Å². The zero-order valence-electron chi connectivity index (χ0n) is 15.3. The first-order valence-electron chi connectivity index (χ1n) is 8.79. The summed E-state index contributed by atoms with van der Waals surface area (Å²) in [5.41, 5.74) is 0.165. The minimum absolute atomic E-state index is 0.137. The average molecular weight is 373 g/mol. The summed E-state index contributed by atoms with van der Waals surface area (Å²) in [6, 6.07) is 4.17. The van der Waals surface area contributed by atoms with E-state index in [4.69, 9.17) is 4.42 Å². The SMILES string of the molecule is Cc1occc1-c1nnc(SC(C)C(=O)NC2(C#N)CCCCC2)n1C. The fourth-order valence-electron chi connectivity index (χ4n) is 3.24. The van der Waals surface area contributed by atoms with Crippen molar-refractivity contribution in [2.24, 2.45) is 7.05 Å². The molecule has 2 heterocycles. The molecule has 2 aromatic heterocycles. The molecule has 1 atom stereocenters. The lowest BCUT2D eigenvalue weighted by molar-refractivity contribution is -0.121. The van der Waals surface area contributed by atoms with E-state index in [2.05, 4.69) is 21.6 Å². The second-order valence-electron chi connectivity index (χ2n) is 6.76. The molecule has 138 valence electrons. The number of hydrogen-bond acceptors (Lipinski definition) is 6. The number of nitriles is 1. The Hall–Kier alpha value is -2.27. The molecule has 1 N–H and O–H groups in total. The topological polar surface area (TPSA) is 96.7 Å². The molecule has 3 rings (SSSR count). The number of thioether (sulfide) groups is 1. The fraction of sp³-hybridized carbons (Fsp3) is 0.556. The maximum atomic E-state index is 12.6. The lowest BCUT2D eigenvalue weighted by Gasteiger charge is -2.32. The molecule has 7 nitrogen and oxygen atoms in total. The van der Waals surface area contributed by atoms with Crippen LogP contribution in [0.1, 0.15) is 44.8 Å². The van der Waals surface area contributed by atoms with Gasteiger partial charge >= 0.3 is 0 Å². The zero-order valence-corrected chi connectivity index (χ0v) is 16.1. The van der Waals surface area contributed by atoms with E-state index < -0.39 is 5.54 Å². The molecule has 1 aliphatic carbocycles. The molecule has 1 amide bonds. The molecule has 0 bridgehead atoms. The molecular formula is C18H23N5O2S. The van der Waals surface area contributed by atoms with Gasteiger partial charge in [0, 0.05) is 7.05 Å². The largest absolute Gasteiger partial charge is 0.469 e. The van der Waals surface area contributed by atoms with Crippen molar-refractivity contribution in [3.05, 3.63) is 18.1 Å². The number of aromatic nitrogens is 3. The number of nitrogens with zero attached hydrogens (tertiary/aromatic N) is 4. The molecule has 0 aromatic carbocycles.